The highest BCUT2D eigenvalue weighted by Crippen LogP contribution is 2.30. The van der Waals surface area contributed by atoms with Crippen molar-refractivity contribution in [1.29, 1.82) is 0 Å². The number of aliphatic hydroxyl groups is 1. The van der Waals surface area contributed by atoms with E-state index in [0.29, 0.717) is 11.8 Å². The average Bonchev–Trinajstić information content (AvgIpc) is 2.64. The highest BCUT2D eigenvalue weighted by molar-refractivity contribution is 7.80. The van der Waals surface area contributed by atoms with Gasteiger partial charge in [0, 0.05) is 18.2 Å². The second-order valence-corrected chi connectivity index (χ2v) is 7.77. The molecule has 3 rings (SSSR count). The van der Waals surface area contributed by atoms with Gasteiger partial charge in [0.1, 0.15) is 17.4 Å². The van der Waals surface area contributed by atoms with Gasteiger partial charge in [-0.05, 0) is 30.2 Å². The Balaban J connectivity index is 1.69. The lowest BCUT2D eigenvalue weighted by Crippen LogP contribution is -2.49. The molecule has 0 fully saturated rings. The second-order valence-electron chi connectivity index (χ2n) is 6.66. The van der Waals surface area contributed by atoms with Crippen molar-refractivity contribution in [2.75, 3.05) is 12.3 Å². The summed E-state index contributed by atoms with van der Waals surface area (Å²) in [5.74, 6) is -0.943. The Bertz CT molecular complexity index is 894. The molecule has 1 heterocycles. The van der Waals surface area contributed by atoms with Gasteiger partial charge in [0.2, 0.25) is 11.1 Å². The maximum Gasteiger partial charge on any atom is 0.404 e. The van der Waals surface area contributed by atoms with Gasteiger partial charge in [-0.1, -0.05) is 18.2 Å². The number of carboxylic acid groups (broad SMARTS) is 1. The van der Waals surface area contributed by atoms with Crippen LogP contribution >= 0.6 is 0 Å². The normalized spacial score (nSPS) is 20.2. The van der Waals surface area contributed by atoms with Gasteiger partial charge in [0.25, 0.3) is 0 Å². The van der Waals surface area contributed by atoms with E-state index in [1.165, 1.54) is 0 Å². The first kappa shape index (κ1) is 21.2. The number of aliphatic hydroxyl groups excluding tert-OH is 1. The Morgan fingerprint density at radius 2 is 1.93 bits per heavy atom. The van der Waals surface area contributed by atoms with Gasteiger partial charge >= 0.3 is 6.09 Å². The first-order valence-electron chi connectivity index (χ1n) is 8.83. The maximum absolute atomic E-state index is 13.4. The number of nitrogens with one attached hydrogen (secondary N) is 2. The van der Waals surface area contributed by atoms with Crippen LogP contribution in [-0.4, -0.2) is 45.0 Å². The molecule has 2 unspecified atom stereocenters. The molecular formula is C19H20F2N2O5S. The third-order valence-electron chi connectivity index (χ3n) is 4.50. The molecule has 1 amide bonds. The van der Waals surface area contributed by atoms with Crippen molar-refractivity contribution in [1.82, 2.24) is 10.6 Å². The number of hydrogen-bond donors (Lipinski definition) is 4. The quantitative estimate of drug-likeness (QED) is 0.539. The summed E-state index contributed by atoms with van der Waals surface area (Å²) in [5, 5.41) is 24.8. The molecular weight excluding hydrogens is 406 g/mol. The number of para-hydroxylation sites is 1. The fourth-order valence-electron chi connectivity index (χ4n) is 3.20. The smallest absolute Gasteiger partial charge is 0.404 e. The maximum atomic E-state index is 13.4. The van der Waals surface area contributed by atoms with Gasteiger partial charge in [-0.3, -0.25) is 0 Å². The summed E-state index contributed by atoms with van der Waals surface area (Å²) in [7, 11) is 0. The molecule has 156 valence electrons. The number of carbonyl (C=O) groups is 1. The van der Waals surface area contributed by atoms with E-state index in [4.69, 9.17) is 9.29 Å². The van der Waals surface area contributed by atoms with Crippen LogP contribution in [0.25, 0.3) is 0 Å². The van der Waals surface area contributed by atoms with Crippen LogP contribution in [0.2, 0.25) is 0 Å². The number of hydrogen-bond acceptors (Lipinski definition) is 5. The molecule has 0 aliphatic carbocycles. The molecule has 0 spiro atoms. The predicted molar refractivity (Wildman–Crippen MR) is 102 cm³/mol. The van der Waals surface area contributed by atoms with Crippen LogP contribution in [-0.2, 0) is 17.5 Å². The van der Waals surface area contributed by atoms with Gasteiger partial charge < -0.3 is 25.0 Å². The molecule has 1 aliphatic rings. The van der Waals surface area contributed by atoms with Crippen molar-refractivity contribution in [2.45, 2.75) is 24.6 Å². The molecule has 0 aromatic heterocycles. The van der Waals surface area contributed by atoms with Crippen molar-refractivity contribution in [3.63, 3.8) is 0 Å². The fourth-order valence-corrected chi connectivity index (χ4v) is 4.19. The van der Waals surface area contributed by atoms with Crippen LogP contribution in [0.5, 0.6) is 5.75 Å². The minimum atomic E-state index is -1.54. The molecule has 2 aromatic rings. The Kier molecular flexibility index (Phi) is 6.78. The number of fused-ring (bicyclic) bond motifs is 1. The van der Waals surface area contributed by atoms with Crippen LogP contribution in [0.3, 0.4) is 0 Å². The monoisotopic (exact) mass is 426 g/mol. The van der Waals surface area contributed by atoms with Crippen molar-refractivity contribution in [3.05, 3.63) is 65.2 Å². The first-order chi connectivity index (χ1) is 13.8. The van der Waals surface area contributed by atoms with Crippen LogP contribution < -0.4 is 14.8 Å². The second kappa shape index (κ2) is 9.29. The van der Waals surface area contributed by atoms with E-state index < -0.39 is 41.0 Å². The third kappa shape index (κ3) is 5.72. The van der Waals surface area contributed by atoms with Gasteiger partial charge in [-0.25, -0.2) is 17.8 Å². The van der Waals surface area contributed by atoms with E-state index in [0.717, 1.165) is 17.7 Å². The minimum Gasteiger partial charge on any atom is -0.465 e. The molecule has 0 bridgehead atoms. The van der Waals surface area contributed by atoms with Crippen molar-refractivity contribution in [3.8, 4) is 5.75 Å². The Morgan fingerprint density at radius 3 is 2.62 bits per heavy atom. The fraction of sp³-hybridized carbons (Fsp3) is 0.316. The van der Waals surface area contributed by atoms with Gasteiger partial charge in [-0.15, -0.1) is 0 Å². The molecule has 0 radical (unpaired) electrons. The third-order valence-corrected chi connectivity index (χ3v) is 5.48. The molecule has 0 saturated heterocycles. The number of halogens is 2. The van der Waals surface area contributed by atoms with E-state index in [-0.39, 0.29) is 30.3 Å². The average molecular weight is 426 g/mol. The Hall–Kier alpha value is -2.56. The standard InChI is InChI=1S/C19H20F2N2O5S/c20-12-5-11(6-13(21)8-12)7-15(23-19(25)26)17(24)9-22-16-10-29(27)28-18-4-2-1-3-14(16)18/h1-6,8,15-17,22-24H,7,9-10H2,(H,25,26)/t15-,16?,17+,29?/m0/s1. The van der Waals surface area contributed by atoms with Crippen LogP contribution in [0.1, 0.15) is 17.2 Å². The van der Waals surface area contributed by atoms with Gasteiger partial charge in [-0.2, -0.15) is 0 Å². The van der Waals surface area contributed by atoms with Crippen molar-refractivity contribution < 1.29 is 32.2 Å². The number of benzene rings is 2. The highest BCUT2D eigenvalue weighted by Gasteiger charge is 2.28. The van der Waals surface area contributed by atoms with Crippen LogP contribution in [0.15, 0.2) is 42.5 Å². The lowest BCUT2D eigenvalue weighted by molar-refractivity contribution is 0.115. The molecule has 7 nitrogen and oxygen atoms in total. The zero-order valence-corrected chi connectivity index (χ0v) is 16.0. The lowest BCUT2D eigenvalue weighted by atomic mass is 10.00. The van der Waals surface area contributed by atoms with Gasteiger partial charge in [0.05, 0.1) is 23.9 Å². The zero-order valence-electron chi connectivity index (χ0n) is 15.2. The number of rotatable bonds is 7. The molecule has 2 aromatic carbocycles. The van der Waals surface area contributed by atoms with Crippen molar-refractivity contribution in [2.24, 2.45) is 0 Å². The molecule has 4 atom stereocenters. The summed E-state index contributed by atoms with van der Waals surface area (Å²) in [6.45, 7) is -0.0427. The number of amides is 1. The summed E-state index contributed by atoms with van der Waals surface area (Å²) in [5.41, 5.74) is 0.979. The van der Waals surface area contributed by atoms with Gasteiger partial charge in [0.15, 0.2) is 0 Å². The summed E-state index contributed by atoms with van der Waals surface area (Å²) in [6.07, 6.45) is -2.69. The first-order valence-corrected chi connectivity index (χ1v) is 10.1. The van der Waals surface area contributed by atoms with E-state index in [1.54, 1.807) is 24.3 Å². The van der Waals surface area contributed by atoms with E-state index in [9.17, 15) is 22.9 Å². The van der Waals surface area contributed by atoms with E-state index in [2.05, 4.69) is 10.6 Å². The minimum absolute atomic E-state index is 0.0427. The predicted octanol–water partition coefficient (Wildman–Crippen LogP) is 1.89. The van der Waals surface area contributed by atoms with E-state index in [1.807, 2.05) is 0 Å². The Labute approximate surface area is 168 Å². The highest BCUT2D eigenvalue weighted by atomic mass is 32.2. The summed E-state index contributed by atoms with van der Waals surface area (Å²) in [4.78, 5) is 11.1. The summed E-state index contributed by atoms with van der Waals surface area (Å²) >= 11 is -1.54. The van der Waals surface area contributed by atoms with Crippen molar-refractivity contribution >= 4 is 17.2 Å². The largest absolute Gasteiger partial charge is 0.465 e. The molecule has 1 aliphatic heterocycles. The summed E-state index contributed by atoms with van der Waals surface area (Å²) in [6, 6.07) is 8.53. The molecule has 10 heteroatoms. The zero-order chi connectivity index (χ0) is 21.0. The topological polar surface area (TPSA) is 108 Å². The molecule has 4 N–H and O–H groups in total. The summed E-state index contributed by atoms with van der Waals surface area (Å²) < 4.78 is 44.0. The van der Waals surface area contributed by atoms with E-state index >= 15 is 0 Å². The molecule has 29 heavy (non-hydrogen) atoms. The Morgan fingerprint density at radius 1 is 1.24 bits per heavy atom. The van der Waals surface area contributed by atoms with Crippen LogP contribution in [0, 0.1) is 11.6 Å². The SMILES string of the molecule is O=C(O)N[C@@H](Cc1cc(F)cc(F)c1)[C@H](O)CNC1CS(=O)Oc2ccccc21. The lowest BCUT2D eigenvalue weighted by Gasteiger charge is -2.28. The van der Waals surface area contributed by atoms with Crippen LogP contribution in [0.4, 0.5) is 13.6 Å². The molecule has 0 saturated carbocycles.